The zero-order chi connectivity index (χ0) is 12.3. The Morgan fingerprint density at radius 2 is 0.933 bits per heavy atom. The number of hydrogen-bond donors (Lipinski definition) is 0. The summed E-state index contributed by atoms with van der Waals surface area (Å²) in [6.45, 7) is 0. The van der Waals surface area contributed by atoms with E-state index in [0.29, 0.717) is 0 Å². The molecular weight excluding hydrogens is 247 g/mol. The minimum absolute atomic E-state index is 1.96. The van der Waals surface area contributed by atoms with Crippen molar-refractivity contribution in [2.45, 2.75) is 30.2 Å². The van der Waals surface area contributed by atoms with Crippen molar-refractivity contribution in [3.8, 4) is 0 Å². The molecule has 15 heavy (non-hydrogen) atoms. The summed E-state index contributed by atoms with van der Waals surface area (Å²) in [4.78, 5) is 0. The van der Waals surface area contributed by atoms with Gasteiger partial charge in [-0.05, 0) is 0 Å². The molecule has 1 aliphatic rings. The van der Waals surface area contributed by atoms with Gasteiger partial charge >= 0.3 is 24.1 Å². The first-order chi connectivity index (χ1) is 6.36. The van der Waals surface area contributed by atoms with Gasteiger partial charge in [0.15, 0.2) is 0 Å². The second-order valence-corrected chi connectivity index (χ2v) is 2.74. The first-order valence-corrected chi connectivity index (χ1v) is 3.22. The largest absolute Gasteiger partial charge is 0.427 e. The lowest BCUT2D eigenvalue weighted by molar-refractivity contribution is -0.522. The molecule has 1 aliphatic heterocycles. The Morgan fingerprint density at radius 1 is 0.667 bits per heavy atom. The summed E-state index contributed by atoms with van der Waals surface area (Å²) < 4.78 is 111. The van der Waals surface area contributed by atoms with Crippen LogP contribution < -0.4 is 0 Å². The van der Waals surface area contributed by atoms with Crippen molar-refractivity contribution in [2.24, 2.45) is 0 Å². The fourth-order valence-electron chi connectivity index (χ4n) is 0.820. The van der Waals surface area contributed by atoms with E-state index in [1.54, 1.807) is 0 Å². The van der Waals surface area contributed by atoms with Gasteiger partial charge in [0, 0.05) is 0 Å². The number of halogens is 9. The van der Waals surface area contributed by atoms with Crippen LogP contribution in [0, 0.1) is 0 Å². The summed E-state index contributed by atoms with van der Waals surface area (Å²) in [5.74, 6) is -12.1. The van der Waals surface area contributed by atoms with Crippen molar-refractivity contribution in [3.63, 3.8) is 0 Å². The lowest BCUT2D eigenvalue weighted by atomic mass is 10.0. The van der Waals surface area contributed by atoms with Crippen molar-refractivity contribution < 1.29 is 44.3 Å². The number of rotatable bonds is 0. The Bertz CT molecular complexity index is 246. The summed E-state index contributed by atoms with van der Waals surface area (Å²) in [6, 6.07) is 0. The fourth-order valence-corrected chi connectivity index (χ4v) is 0.820. The molecular formula is C5HF9O. The third-order valence-corrected chi connectivity index (χ3v) is 1.67. The van der Waals surface area contributed by atoms with Gasteiger partial charge in [0.2, 0.25) is 6.17 Å². The lowest BCUT2D eigenvalue weighted by Crippen LogP contribution is -2.69. The standard InChI is InChI=1S/C5HF9O/c6-1-2(7,8)4(11,12)15-5(13,14)3(1,9)10/h1H. The molecule has 0 atom stereocenters. The summed E-state index contributed by atoms with van der Waals surface area (Å²) in [5.41, 5.74) is 0. The van der Waals surface area contributed by atoms with E-state index in [1.165, 1.54) is 0 Å². The van der Waals surface area contributed by atoms with E-state index in [9.17, 15) is 39.5 Å². The normalized spacial score (nSPS) is 32.6. The summed E-state index contributed by atoms with van der Waals surface area (Å²) >= 11 is 0. The average molecular weight is 248 g/mol. The second kappa shape index (κ2) is 2.71. The molecule has 0 aliphatic carbocycles. The molecule has 1 rings (SSSR count). The summed E-state index contributed by atoms with van der Waals surface area (Å²) in [7, 11) is 0. The quantitative estimate of drug-likeness (QED) is 0.599. The van der Waals surface area contributed by atoms with Crippen LogP contribution in [0.1, 0.15) is 0 Å². The molecule has 0 radical (unpaired) electrons. The average Bonchev–Trinajstić information content (AvgIpc) is 1.98. The zero-order valence-corrected chi connectivity index (χ0v) is 6.39. The van der Waals surface area contributed by atoms with Crippen LogP contribution in [0.25, 0.3) is 0 Å². The minimum Gasteiger partial charge on any atom is -0.245 e. The smallest absolute Gasteiger partial charge is 0.245 e. The molecule has 0 N–H and O–H groups in total. The molecule has 0 aromatic carbocycles. The summed E-state index contributed by atoms with van der Waals surface area (Å²) in [6.07, 6.45) is -17.0. The highest BCUT2D eigenvalue weighted by Crippen LogP contribution is 2.56. The Hall–Kier alpha value is -0.670. The van der Waals surface area contributed by atoms with E-state index >= 15 is 0 Å². The third kappa shape index (κ3) is 1.37. The Labute approximate surface area is 75.8 Å². The molecule has 1 nitrogen and oxygen atoms in total. The van der Waals surface area contributed by atoms with Gasteiger partial charge in [0.05, 0.1) is 0 Å². The molecule has 1 heterocycles. The maximum Gasteiger partial charge on any atom is 0.427 e. The van der Waals surface area contributed by atoms with Crippen molar-refractivity contribution >= 4 is 0 Å². The summed E-state index contributed by atoms with van der Waals surface area (Å²) in [5, 5.41) is 0. The second-order valence-electron chi connectivity index (χ2n) is 2.74. The fraction of sp³-hybridized carbons (Fsp3) is 1.00. The van der Waals surface area contributed by atoms with Gasteiger partial charge in [-0.15, -0.1) is 0 Å². The van der Waals surface area contributed by atoms with Crippen molar-refractivity contribution in [1.29, 1.82) is 0 Å². The van der Waals surface area contributed by atoms with Crippen molar-refractivity contribution in [3.05, 3.63) is 0 Å². The molecule has 0 saturated carbocycles. The van der Waals surface area contributed by atoms with Crippen LogP contribution in [0.2, 0.25) is 0 Å². The molecule has 1 saturated heterocycles. The van der Waals surface area contributed by atoms with E-state index in [4.69, 9.17) is 0 Å². The van der Waals surface area contributed by atoms with Crippen LogP contribution in [0.15, 0.2) is 0 Å². The van der Waals surface area contributed by atoms with Gasteiger partial charge in [0.1, 0.15) is 0 Å². The SMILES string of the molecule is FC1C(F)(F)C(F)(F)OC(F)(F)C1(F)F. The maximum absolute atomic E-state index is 12.2. The first-order valence-electron chi connectivity index (χ1n) is 3.22. The predicted octanol–water partition coefficient (Wildman–Crippen LogP) is 2.81. The van der Waals surface area contributed by atoms with Gasteiger partial charge in [-0.25, -0.2) is 9.13 Å². The number of ether oxygens (including phenoxy) is 1. The zero-order valence-electron chi connectivity index (χ0n) is 6.39. The topological polar surface area (TPSA) is 9.23 Å². The predicted molar refractivity (Wildman–Crippen MR) is 25.8 cm³/mol. The van der Waals surface area contributed by atoms with E-state index < -0.39 is 30.2 Å². The highest BCUT2D eigenvalue weighted by Gasteiger charge is 2.84. The maximum atomic E-state index is 12.2. The van der Waals surface area contributed by atoms with Crippen molar-refractivity contribution in [1.82, 2.24) is 0 Å². The Kier molecular flexibility index (Phi) is 2.24. The molecule has 0 aromatic heterocycles. The van der Waals surface area contributed by atoms with Crippen molar-refractivity contribution in [2.75, 3.05) is 0 Å². The molecule has 1 fully saturated rings. The Morgan fingerprint density at radius 3 is 1.20 bits per heavy atom. The van der Waals surface area contributed by atoms with E-state index in [-0.39, 0.29) is 0 Å². The van der Waals surface area contributed by atoms with Crippen LogP contribution in [-0.4, -0.2) is 30.2 Å². The van der Waals surface area contributed by atoms with E-state index in [2.05, 4.69) is 0 Å². The van der Waals surface area contributed by atoms with Gasteiger partial charge in [-0.3, -0.25) is 0 Å². The Balaban J connectivity index is 3.24. The van der Waals surface area contributed by atoms with Gasteiger partial charge < -0.3 is 0 Å². The lowest BCUT2D eigenvalue weighted by Gasteiger charge is -2.41. The molecule has 0 unspecified atom stereocenters. The van der Waals surface area contributed by atoms with Crippen LogP contribution >= 0.6 is 0 Å². The van der Waals surface area contributed by atoms with Gasteiger partial charge in [-0.1, -0.05) is 0 Å². The van der Waals surface area contributed by atoms with E-state index in [0.717, 1.165) is 0 Å². The van der Waals surface area contributed by atoms with Gasteiger partial charge in [-0.2, -0.15) is 35.1 Å². The highest BCUT2D eigenvalue weighted by molar-refractivity contribution is 5.02. The third-order valence-electron chi connectivity index (χ3n) is 1.67. The van der Waals surface area contributed by atoms with Gasteiger partial charge in [0.25, 0.3) is 0 Å². The molecule has 0 aromatic rings. The molecule has 10 heteroatoms. The minimum atomic E-state index is -6.03. The molecule has 0 spiro atoms. The highest BCUT2D eigenvalue weighted by atomic mass is 19.4. The number of hydrogen-bond acceptors (Lipinski definition) is 1. The first kappa shape index (κ1) is 12.4. The molecule has 0 bridgehead atoms. The monoisotopic (exact) mass is 248 g/mol. The molecule has 90 valence electrons. The van der Waals surface area contributed by atoms with Crippen LogP contribution in [0.3, 0.4) is 0 Å². The van der Waals surface area contributed by atoms with Crippen LogP contribution in [-0.2, 0) is 4.74 Å². The van der Waals surface area contributed by atoms with Crippen LogP contribution in [0.5, 0.6) is 0 Å². The number of alkyl halides is 9. The van der Waals surface area contributed by atoms with E-state index in [1.807, 2.05) is 4.74 Å². The van der Waals surface area contributed by atoms with Crippen LogP contribution in [0.4, 0.5) is 39.5 Å². The molecule has 0 amide bonds.